The zero-order valence-electron chi connectivity index (χ0n) is 16.9. The number of carbonyl (C=O) groups is 2. The van der Waals surface area contributed by atoms with Crippen molar-refractivity contribution in [2.75, 3.05) is 24.9 Å². The molecule has 0 aliphatic heterocycles. The molecule has 0 saturated carbocycles. The van der Waals surface area contributed by atoms with Crippen LogP contribution in [0.3, 0.4) is 0 Å². The number of nitrogens with zero attached hydrogens (tertiary/aromatic N) is 1. The average Bonchev–Trinajstić information content (AvgIpc) is 3.22. The molecule has 0 aliphatic carbocycles. The highest BCUT2D eigenvalue weighted by Crippen LogP contribution is 2.29. The van der Waals surface area contributed by atoms with E-state index in [4.69, 9.17) is 9.47 Å². The summed E-state index contributed by atoms with van der Waals surface area (Å²) >= 11 is 0. The Bertz CT molecular complexity index is 1270. The standard InChI is InChI=1S/C23H20N4O4/c1-30-19-9-8-16(12-20(19)31-2)27-23(29)26-15-6-3-5-14(11-15)21(28)18-13-25-22-17(18)7-4-10-24-22/h3-13H,1-2H3,(H,24,25)(H2,26,27,29). The normalized spacial score (nSPS) is 10.5. The van der Waals surface area contributed by atoms with E-state index in [1.807, 2.05) is 6.07 Å². The van der Waals surface area contributed by atoms with Gasteiger partial charge in [-0.1, -0.05) is 12.1 Å². The van der Waals surface area contributed by atoms with Gasteiger partial charge in [0.15, 0.2) is 17.3 Å². The summed E-state index contributed by atoms with van der Waals surface area (Å²) in [4.78, 5) is 32.6. The summed E-state index contributed by atoms with van der Waals surface area (Å²) in [6, 6.07) is 15.0. The van der Waals surface area contributed by atoms with E-state index in [9.17, 15) is 9.59 Å². The van der Waals surface area contributed by atoms with Crippen molar-refractivity contribution in [2.45, 2.75) is 0 Å². The van der Waals surface area contributed by atoms with Crippen molar-refractivity contribution < 1.29 is 19.1 Å². The number of amides is 2. The van der Waals surface area contributed by atoms with E-state index in [1.54, 1.807) is 68.0 Å². The van der Waals surface area contributed by atoms with Crippen molar-refractivity contribution in [3.63, 3.8) is 0 Å². The van der Waals surface area contributed by atoms with Crippen molar-refractivity contribution in [3.05, 3.63) is 78.1 Å². The van der Waals surface area contributed by atoms with Crippen LogP contribution >= 0.6 is 0 Å². The van der Waals surface area contributed by atoms with Gasteiger partial charge < -0.3 is 25.1 Å². The van der Waals surface area contributed by atoms with Gasteiger partial charge in [0, 0.05) is 46.3 Å². The SMILES string of the molecule is COc1ccc(NC(=O)Nc2cccc(C(=O)c3c[nH]c4ncccc34)c2)cc1OC. The van der Waals surface area contributed by atoms with Gasteiger partial charge in [-0.15, -0.1) is 0 Å². The molecule has 31 heavy (non-hydrogen) atoms. The van der Waals surface area contributed by atoms with Gasteiger partial charge in [0.05, 0.1) is 14.2 Å². The van der Waals surface area contributed by atoms with Crippen LogP contribution in [0.15, 0.2) is 67.0 Å². The molecule has 2 heterocycles. The fraction of sp³-hybridized carbons (Fsp3) is 0.0870. The minimum atomic E-state index is -0.451. The number of pyridine rings is 1. The molecule has 0 unspecified atom stereocenters. The van der Waals surface area contributed by atoms with E-state index in [2.05, 4.69) is 20.6 Å². The number of hydrogen-bond acceptors (Lipinski definition) is 5. The van der Waals surface area contributed by atoms with E-state index in [1.165, 1.54) is 7.11 Å². The second-order valence-electron chi connectivity index (χ2n) is 6.66. The quantitative estimate of drug-likeness (QED) is 0.403. The molecule has 0 spiro atoms. The maximum Gasteiger partial charge on any atom is 0.323 e. The molecule has 2 amide bonds. The second kappa shape index (κ2) is 8.58. The van der Waals surface area contributed by atoms with E-state index in [-0.39, 0.29) is 5.78 Å². The van der Waals surface area contributed by atoms with Crippen molar-refractivity contribution in [1.29, 1.82) is 0 Å². The molecule has 3 N–H and O–H groups in total. The average molecular weight is 416 g/mol. The Morgan fingerprint density at radius 1 is 0.903 bits per heavy atom. The van der Waals surface area contributed by atoms with Crippen LogP contribution in [-0.4, -0.2) is 36.0 Å². The van der Waals surface area contributed by atoms with Crippen LogP contribution in [0.5, 0.6) is 11.5 Å². The highest BCUT2D eigenvalue weighted by atomic mass is 16.5. The maximum absolute atomic E-state index is 13.0. The molecule has 8 heteroatoms. The molecular formula is C23H20N4O4. The van der Waals surface area contributed by atoms with Gasteiger partial charge in [-0.05, 0) is 36.4 Å². The molecule has 0 bridgehead atoms. The Morgan fingerprint density at radius 2 is 1.68 bits per heavy atom. The number of aromatic amines is 1. The van der Waals surface area contributed by atoms with Crippen LogP contribution in [0.25, 0.3) is 11.0 Å². The van der Waals surface area contributed by atoms with Crippen LogP contribution in [-0.2, 0) is 0 Å². The first-order valence-corrected chi connectivity index (χ1v) is 9.46. The summed E-state index contributed by atoms with van der Waals surface area (Å²) in [5, 5.41) is 6.22. The zero-order chi connectivity index (χ0) is 21.8. The van der Waals surface area contributed by atoms with Gasteiger partial charge >= 0.3 is 6.03 Å². The number of fused-ring (bicyclic) bond motifs is 1. The molecule has 0 radical (unpaired) electrons. The Morgan fingerprint density at radius 3 is 2.45 bits per heavy atom. The monoisotopic (exact) mass is 416 g/mol. The van der Waals surface area contributed by atoms with Gasteiger partial charge in [-0.2, -0.15) is 0 Å². The van der Waals surface area contributed by atoms with Crippen LogP contribution in [0.4, 0.5) is 16.2 Å². The first kappa shape index (κ1) is 20.0. The largest absolute Gasteiger partial charge is 0.493 e. The Labute approximate surface area is 178 Å². The number of urea groups is 1. The third-order valence-corrected chi connectivity index (χ3v) is 4.72. The second-order valence-corrected chi connectivity index (χ2v) is 6.66. The zero-order valence-corrected chi connectivity index (χ0v) is 16.9. The predicted octanol–water partition coefficient (Wildman–Crippen LogP) is 4.46. The number of ketones is 1. The minimum absolute atomic E-state index is 0.164. The molecule has 8 nitrogen and oxygen atoms in total. The highest BCUT2D eigenvalue weighted by Gasteiger charge is 2.15. The maximum atomic E-state index is 13.0. The van der Waals surface area contributed by atoms with E-state index < -0.39 is 6.03 Å². The smallest absolute Gasteiger partial charge is 0.323 e. The summed E-state index contributed by atoms with van der Waals surface area (Å²) in [7, 11) is 3.06. The van der Waals surface area contributed by atoms with Gasteiger partial charge in [-0.25, -0.2) is 9.78 Å². The third-order valence-electron chi connectivity index (χ3n) is 4.72. The van der Waals surface area contributed by atoms with Gasteiger partial charge in [0.1, 0.15) is 5.65 Å². The van der Waals surface area contributed by atoms with Crippen molar-refractivity contribution in [3.8, 4) is 11.5 Å². The van der Waals surface area contributed by atoms with Crippen molar-refractivity contribution in [1.82, 2.24) is 9.97 Å². The first-order valence-electron chi connectivity index (χ1n) is 9.46. The number of aromatic nitrogens is 2. The van der Waals surface area contributed by atoms with Crippen molar-refractivity contribution in [2.24, 2.45) is 0 Å². The lowest BCUT2D eigenvalue weighted by molar-refractivity contribution is 0.104. The number of nitrogens with one attached hydrogen (secondary N) is 3. The number of anilines is 2. The summed E-state index contributed by atoms with van der Waals surface area (Å²) in [5.74, 6) is 0.900. The number of benzene rings is 2. The molecule has 0 atom stereocenters. The molecule has 0 saturated heterocycles. The molecule has 0 fully saturated rings. The summed E-state index contributed by atoms with van der Waals surface area (Å²) in [5.41, 5.74) is 2.65. The van der Waals surface area contributed by atoms with Gasteiger partial charge in [0.2, 0.25) is 0 Å². The molecule has 2 aromatic carbocycles. The number of H-pyrrole nitrogens is 1. The fourth-order valence-corrected chi connectivity index (χ4v) is 3.24. The summed E-state index contributed by atoms with van der Waals surface area (Å²) in [6.07, 6.45) is 3.30. The van der Waals surface area contributed by atoms with Crippen LogP contribution in [0.1, 0.15) is 15.9 Å². The molecule has 156 valence electrons. The Balaban J connectivity index is 1.49. The van der Waals surface area contributed by atoms with Crippen LogP contribution < -0.4 is 20.1 Å². The van der Waals surface area contributed by atoms with E-state index >= 15 is 0 Å². The predicted molar refractivity (Wildman–Crippen MR) is 118 cm³/mol. The summed E-state index contributed by atoms with van der Waals surface area (Å²) < 4.78 is 10.4. The summed E-state index contributed by atoms with van der Waals surface area (Å²) in [6.45, 7) is 0. The highest BCUT2D eigenvalue weighted by molar-refractivity contribution is 6.16. The Kier molecular flexibility index (Phi) is 5.53. The van der Waals surface area contributed by atoms with Gasteiger partial charge in [-0.3, -0.25) is 4.79 Å². The molecule has 4 rings (SSSR count). The number of methoxy groups -OCH3 is 2. The third kappa shape index (κ3) is 4.18. The lowest BCUT2D eigenvalue weighted by Crippen LogP contribution is -2.19. The number of hydrogen-bond donors (Lipinski definition) is 3. The molecular weight excluding hydrogens is 396 g/mol. The lowest BCUT2D eigenvalue weighted by Gasteiger charge is -2.11. The minimum Gasteiger partial charge on any atom is -0.493 e. The number of ether oxygens (including phenoxy) is 2. The number of rotatable bonds is 6. The number of carbonyl (C=O) groups excluding carboxylic acids is 2. The lowest BCUT2D eigenvalue weighted by atomic mass is 10.0. The van der Waals surface area contributed by atoms with Crippen LogP contribution in [0, 0.1) is 0 Å². The fourth-order valence-electron chi connectivity index (χ4n) is 3.24. The molecule has 0 aliphatic rings. The van der Waals surface area contributed by atoms with Crippen molar-refractivity contribution >= 4 is 34.2 Å². The molecule has 2 aromatic heterocycles. The topological polar surface area (TPSA) is 105 Å². The van der Waals surface area contributed by atoms with E-state index in [0.717, 1.165) is 5.39 Å². The molecule has 4 aromatic rings. The van der Waals surface area contributed by atoms with E-state index in [0.29, 0.717) is 39.6 Å². The van der Waals surface area contributed by atoms with Gasteiger partial charge in [0.25, 0.3) is 0 Å². The Hall–Kier alpha value is -4.33. The first-order chi connectivity index (χ1) is 15.1. The van der Waals surface area contributed by atoms with Crippen LogP contribution in [0.2, 0.25) is 0 Å².